The van der Waals surface area contributed by atoms with E-state index in [2.05, 4.69) is 10.5 Å². The molecule has 0 radical (unpaired) electrons. The number of rotatable bonds is 9. The number of amides is 2. The minimum atomic E-state index is -0.360. The van der Waals surface area contributed by atoms with Gasteiger partial charge in [0.05, 0.1) is 51.9 Å². The van der Waals surface area contributed by atoms with Gasteiger partial charge in [-0.25, -0.2) is 4.79 Å². The number of urea groups is 1. The quantitative estimate of drug-likeness (QED) is 0.364. The molecule has 0 unspecified atom stereocenters. The van der Waals surface area contributed by atoms with Gasteiger partial charge < -0.3 is 33.4 Å². The summed E-state index contributed by atoms with van der Waals surface area (Å²) >= 11 is 0. The van der Waals surface area contributed by atoms with Crippen LogP contribution in [-0.4, -0.2) is 37.4 Å². The Morgan fingerprint density at radius 2 is 1.76 bits per heavy atom. The molecular weight excluding hydrogens is 438 g/mol. The molecule has 2 aromatic carbocycles. The number of nitrogens with one attached hydrogen (secondary N) is 1. The number of benzene rings is 2. The average molecular weight is 463 g/mol. The summed E-state index contributed by atoms with van der Waals surface area (Å²) in [5.74, 6) is 2.94. The third kappa shape index (κ3) is 5.15. The van der Waals surface area contributed by atoms with Crippen molar-refractivity contribution >= 4 is 11.7 Å². The van der Waals surface area contributed by atoms with E-state index >= 15 is 0 Å². The van der Waals surface area contributed by atoms with Gasteiger partial charge in [-0.1, -0.05) is 17.3 Å². The summed E-state index contributed by atoms with van der Waals surface area (Å²) in [6, 6.07) is 17.7. The zero-order chi connectivity index (χ0) is 23.9. The van der Waals surface area contributed by atoms with Crippen LogP contribution in [0, 0.1) is 0 Å². The SMILES string of the molecule is COc1ccc(NC(=O)N(Cc2cc(-c3ccccc3OC)on2)Cc2ccco2)c(OC)c1. The predicted molar refractivity (Wildman–Crippen MR) is 125 cm³/mol. The van der Waals surface area contributed by atoms with E-state index in [4.69, 9.17) is 23.2 Å². The number of methoxy groups -OCH3 is 3. The normalized spacial score (nSPS) is 10.6. The highest BCUT2D eigenvalue weighted by Gasteiger charge is 2.21. The molecule has 2 heterocycles. The van der Waals surface area contributed by atoms with Crippen LogP contribution < -0.4 is 19.5 Å². The lowest BCUT2D eigenvalue weighted by molar-refractivity contribution is 0.199. The van der Waals surface area contributed by atoms with Gasteiger partial charge in [-0.3, -0.25) is 0 Å². The molecule has 2 aromatic heterocycles. The molecule has 0 aliphatic carbocycles. The van der Waals surface area contributed by atoms with Crippen LogP contribution in [0.2, 0.25) is 0 Å². The van der Waals surface area contributed by atoms with Crippen LogP contribution >= 0.6 is 0 Å². The summed E-state index contributed by atoms with van der Waals surface area (Å²) in [6.07, 6.45) is 1.56. The van der Waals surface area contributed by atoms with E-state index in [1.54, 1.807) is 61.8 Å². The van der Waals surface area contributed by atoms with Crippen molar-refractivity contribution in [2.45, 2.75) is 13.1 Å². The number of furan rings is 1. The first-order chi connectivity index (χ1) is 16.6. The molecule has 9 nitrogen and oxygen atoms in total. The number of hydrogen-bond donors (Lipinski definition) is 1. The van der Waals surface area contributed by atoms with Gasteiger partial charge in [0.1, 0.15) is 28.7 Å². The van der Waals surface area contributed by atoms with Crippen molar-refractivity contribution in [3.63, 3.8) is 0 Å². The van der Waals surface area contributed by atoms with Crippen molar-refractivity contribution in [3.05, 3.63) is 78.4 Å². The van der Waals surface area contributed by atoms with E-state index < -0.39 is 0 Å². The van der Waals surface area contributed by atoms with Gasteiger partial charge in [-0.2, -0.15) is 0 Å². The second kappa shape index (κ2) is 10.5. The molecule has 4 rings (SSSR count). The smallest absolute Gasteiger partial charge is 0.322 e. The van der Waals surface area contributed by atoms with Crippen LogP contribution in [0.4, 0.5) is 10.5 Å². The highest BCUT2D eigenvalue weighted by atomic mass is 16.5. The van der Waals surface area contributed by atoms with Crippen LogP contribution in [0.15, 0.2) is 75.9 Å². The number of para-hydroxylation sites is 1. The highest BCUT2D eigenvalue weighted by molar-refractivity contribution is 5.91. The molecule has 0 fully saturated rings. The Hall–Kier alpha value is -4.40. The minimum absolute atomic E-state index is 0.184. The summed E-state index contributed by atoms with van der Waals surface area (Å²) in [7, 11) is 4.69. The molecule has 0 spiro atoms. The van der Waals surface area contributed by atoms with Crippen LogP contribution in [-0.2, 0) is 13.1 Å². The summed E-state index contributed by atoms with van der Waals surface area (Å²) in [4.78, 5) is 14.8. The van der Waals surface area contributed by atoms with Gasteiger partial charge in [0.25, 0.3) is 0 Å². The molecule has 0 aliphatic heterocycles. The molecule has 0 bridgehead atoms. The second-order valence-electron chi connectivity index (χ2n) is 7.31. The number of carbonyl (C=O) groups is 1. The van der Waals surface area contributed by atoms with E-state index in [9.17, 15) is 4.79 Å². The second-order valence-corrected chi connectivity index (χ2v) is 7.31. The average Bonchev–Trinajstić information content (AvgIpc) is 3.56. The van der Waals surface area contributed by atoms with Gasteiger partial charge in [0, 0.05) is 12.1 Å². The molecule has 4 aromatic rings. The molecule has 176 valence electrons. The summed E-state index contributed by atoms with van der Waals surface area (Å²) in [6.45, 7) is 0.414. The Morgan fingerprint density at radius 1 is 0.941 bits per heavy atom. The van der Waals surface area contributed by atoms with Crippen molar-refractivity contribution in [1.29, 1.82) is 0 Å². The van der Waals surface area contributed by atoms with Gasteiger partial charge >= 0.3 is 6.03 Å². The number of aromatic nitrogens is 1. The zero-order valence-electron chi connectivity index (χ0n) is 19.1. The maximum absolute atomic E-state index is 13.3. The van der Waals surface area contributed by atoms with Crippen LogP contribution in [0.3, 0.4) is 0 Å². The van der Waals surface area contributed by atoms with E-state index in [1.807, 2.05) is 24.3 Å². The number of anilines is 1. The molecule has 0 saturated carbocycles. The Labute approximate surface area is 196 Å². The number of nitrogens with zero attached hydrogens (tertiary/aromatic N) is 2. The van der Waals surface area contributed by atoms with Crippen molar-refractivity contribution in [1.82, 2.24) is 10.1 Å². The van der Waals surface area contributed by atoms with Crippen LogP contribution in [0.5, 0.6) is 17.2 Å². The molecule has 0 aliphatic rings. The lowest BCUT2D eigenvalue weighted by atomic mass is 10.1. The third-order valence-electron chi connectivity index (χ3n) is 5.15. The lowest BCUT2D eigenvalue weighted by Gasteiger charge is -2.22. The number of carbonyl (C=O) groups excluding carboxylic acids is 1. The fraction of sp³-hybridized carbons (Fsp3) is 0.200. The maximum Gasteiger partial charge on any atom is 0.322 e. The molecule has 2 amide bonds. The fourth-order valence-corrected chi connectivity index (χ4v) is 3.44. The van der Waals surface area contributed by atoms with Gasteiger partial charge in [0.15, 0.2) is 5.76 Å². The topological polar surface area (TPSA) is 99.2 Å². The van der Waals surface area contributed by atoms with Crippen molar-refractivity contribution in [2.24, 2.45) is 0 Å². The molecule has 0 atom stereocenters. The Bertz CT molecular complexity index is 1240. The van der Waals surface area contributed by atoms with Crippen LogP contribution in [0.25, 0.3) is 11.3 Å². The van der Waals surface area contributed by atoms with Gasteiger partial charge in [-0.05, 0) is 36.4 Å². The van der Waals surface area contributed by atoms with Crippen molar-refractivity contribution in [3.8, 4) is 28.6 Å². The lowest BCUT2D eigenvalue weighted by Crippen LogP contribution is -2.34. The Balaban J connectivity index is 1.56. The molecule has 34 heavy (non-hydrogen) atoms. The largest absolute Gasteiger partial charge is 0.497 e. The first-order valence-corrected chi connectivity index (χ1v) is 10.5. The molecule has 9 heteroatoms. The number of hydrogen-bond acceptors (Lipinski definition) is 7. The molecular formula is C25H25N3O6. The molecule has 0 saturated heterocycles. The summed E-state index contributed by atoms with van der Waals surface area (Å²) in [5.41, 5.74) is 1.85. The first kappa shape index (κ1) is 22.8. The van der Waals surface area contributed by atoms with E-state index in [1.165, 1.54) is 7.11 Å². The van der Waals surface area contributed by atoms with Crippen molar-refractivity contribution in [2.75, 3.05) is 26.6 Å². The van der Waals surface area contributed by atoms with E-state index in [-0.39, 0.29) is 19.1 Å². The van der Waals surface area contributed by atoms with E-state index in [0.29, 0.717) is 40.2 Å². The van der Waals surface area contributed by atoms with Crippen molar-refractivity contribution < 1.29 is 27.9 Å². The highest BCUT2D eigenvalue weighted by Crippen LogP contribution is 2.31. The standard InChI is InChI=1S/C25H25N3O6/c1-30-18-10-11-21(24(14-18)32-3)26-25(29)28(16-19-7-6-12-33-19)15-17-13-23(34-27-17)20-8-4-5-9-22(20)31-2/h4-14H,15-16H2,1-3H3,(H,26,29). The monoisotopic (exact) mass is 463 g/mol. The fourth-order valence-electron chi connectivity index (χ4n) is 3.44. The van der Waals surface area contributed by atoms with E-state index in [0.717, 1.165) is 5.56 Å². The summed E-state index contributed by atoms with van der Waals surface area (Å²) in [5, 5.41) is 7.05. The minimum Gasteiger partial charge on any atom is -0.497 e. The third-order valence-corrected chi connectivity index (χ3v) is 5.15. The first-order valence-electron chi connectivity index (χ1n) is 10.5. The maximum atomic E-state index is 13.3. The Morgan fingerprint density at radius 3 is 2.50 bits per heavy atom. The Kier molecular flexibility index (Phi) is 7.02. The zero-order valence-corrected chi connectivity index (χ0v) is 19.1. The number of ether oxygens (including phenoxy) is 3. The summed E-state index contributed by atoms with van der Waals surface area (Å²) < 4.78 is 27.0. The van der Waals surface area contributed by atoms with Gasteiger partial charge in [-0.15, -0.1) is 0 Å². The van der Waals surface area contributed by atoms with Crippen LogP contribution in [0.1, 0.15) is 11.5 Å². The van der Waals surface area contributed by atoms with Gasteiger partial charge in [0.2, 0.25) is 0 Å². The predicted octanol–water partition coefficient (Wildman–Crippen LogP) is 5.19. The molecule has 1 N–H and O–H groups in total.